The molecule has 8 heteroatoms. The first-order valence-corrected chi connectivity index (χ1v) is 7.01. The van der Waals surface area contributed by atoms with E-state index in [-0.39, 0.29) is 21.8 Å². The summed E-state index contributed by atoms with van der Waals surface area (Å²) in [5.74, 6) is -0.848. The SMILES string of the molecule is CC1(C)OCC(Nc2cc(Cl)c(OC(F)F)c(Cl)c2)CO1. The molecule has 118 valence electrons. The molecule has 0 atom stereocenters. The van der Waals surface area contributed by atoms with Crippen LogP contribution in [0.2, 0.25) is 10.0 Å². The smallest absolute Gasteiger partial charge is 0.387 e. The molecule has 1 heterocycles. The number of anilines is 1. The van der Waals surface area contributed by atoms with E-state index in [1.165, 1.54) is 12.1 Å². The van der Waals surface area contributed by atoms with Crippen molar-refractivity contribution < 1.29 is 23.0 Å². The van der Waals surface area contributed by atoms with Gasteiger partial charge in [0.1, 0.15) is 0 Å². The fourth-order valence-electron chi connectivity index (χ4n) is 1.86. The molecule has 0 bridgehead atoms. The molecule has 21 heavy (non-hydrogen) atoms. The van der Waals surface area contributed by atoms with Crippen LogP contribution in [0.15, 0.2) is 12.1 Å². The first kappa shape index (κ1) is 16.5. The molecule has 1 fully saturated rings. The summed E-state index contributed by atoms with van der Waals surface area (Å²) in [6, 6.07) is 2.84. The fraction of sp³-hybridized carbons (Fsp3) is 0.538. The maximum Gasteiger partial charge on any atom is 0.387 e. The summed E-state index contributed by atoms with van der Waals surface area (Å²) in [6.45, 7) is 1.55. The molecule has 0 aromatic heterocycles. The number of halogens is 4. The van der Waals surface area contributed by atoms with Crippen molar-refractivity contribution in [2.24, 2.45) is 0 Å². The molecule has 0 amide bonds. The van der Waals surface area contributed by atoms with Gasteiger partial charge < -0.3 is 19.5 Å². The Hall–Kier alpha value is -0.820. The van der Waals surface area contributed by atoms with Crippen LogP contribution < -0.4 is 10.1 Å². The zero-order valence-electron chi connectivity index (χ0n) is 11.5. The molecule has 0 spiro atoms. The van der Waals surface area contributed by atoms with E-state index in [9.17, 15) is 8.78 Å². The Bertz CT molecular complexity index is 481. The number of benzene rings is 1. The summed E-state index contributed by atoms with van der Waals surface area (Å²) >= 11 is 11.8. The maximum atomic E-state index is 12.2. The van der Waals surface area contributed by atoms with E-state index < -0.39 is 12.4 Å². The van der Waals surface area contributed by atoms with Crippen molar-refractivity contribution in [3.63, 3.8) is 0 Å². The highest BCUT2D eigenvalue weighted by Crippen LogP contribution is 2.37. The Labute approximate surface area is 131 Å². The summed E-state index contributed by atoms with van der Waals surface area (Å²) in [4.78, 5) is 0. The van der Waals surface area contributed by atoms with Gasteiger partial charge >= 0.3 is 6.61 Å². The third kappa shape index (κ3) is 4.57. The predicted octanol–water partition coefficient (Wildman–Crippen LogP) is 4.16. The highest BCUT2D eigenvalue weighted by molar-refractivity contribution is 6.37. The van der Waals surface area contributed by atoms with Crippen LogP contribution in [0.3, 0.4) is 0 Å². The van der Waals surface area contributed by atoms with Gasteiger partial charge in [0, 0.05) is 5.69 Å². The lowest BCUT2D eigenvalue weighted by Gasteiger charge is -2.35. The van der Waals surface area contributed by atoms with Gasteiger partial charge in [-0.05, 0) is 26.0 Å². The van der Waals surface area contributed by atoms with Gasteiger partial charge in [0.2, 0.25) is 0 Å². The van der Waals surface area contributed by atoms with Gasteiger partial charge in [-0.25, -0.2) is 0 Å². The molecule has 2 rings (SSSR count). The number of rotatable bonds is 4. The number of ether oxygens (including phenoxy) is 3. The second-order valence-electron chi connectivity index (χ2n) is 5.01. The van der Waals surface area contributed by atoms with E-state index in [4.69, 9.17) is 32.7 Å². The van der Waals surface area contributed by atoms with E-state index in [2.05, 4.69) is 10.1 Å². The number of nitrogens with one attached hydrogen (secondary N) is 1. The fourth-order valence-corrected chi connectivity index (χ4v) is 2.43. The molecule has 0 unspecified atom stereocenters. The normalized spacial score (nSPS) is 18.8. The summed E-state index contributed by atoms with van der Waals surface area (Å²) in [7, 11) is 0. The number of alkyl halides is 2. The first-order valence-electron chi connectivity index (χ1n) is 6.25. The van der Waals surface area contributed by atoms with Crippen LogP contribution >= 0.6 is 23.2 Å². The van der Waals surface area contributed by atoms with Crippen LogP contribution in [-0.2, 0) is 9.47 Å². The first-order chi connectivity index (χ1) is 9.77. The molecule has 4 nitrogen and oxygen atoms in total. The molecule has 1 aromatic rings. The minimum atomic E-state index is -2.99. The summed E-state index contributed by atoms with van der Waals surface area (Å²) in [6.07, 6.45) is 0. The van der Waals surface area contributed by atoms with Gasteiger partial charge in [0.25, 0.3) is 0 Å². The maximum absolute atomic E-state index is 12.2. The summed E-state index contributed by atoms with van der Waals surface area (Å²) in [5, 5.41) is 3.12. The highest BCUT2D eigenvalue weighted by atomic mass is 35.5. The number of hydrogen-bond donors (Lipinski definition) is 1. The molecule has 1 saturated heterocycles. The minimum Gasteiger partial charge on any atom is -0.432 e. The quantitative estimate of drug-likeness (QED) is 0.892. The Morgan fingerprint density at radius 1 is 1.24 bits per heavy atom. The second-order valence-corrected chi connectivity index (χ2v) is 5.83. The topological polar surface area (TPSA) is 39.7 Å². The Morgan fingerprint density at radius 3 is 2.24 bits per heavy atom. The van der Waals surface area contributed by atoms with Crippen LogP contribution in [0, 0.1) is 0 Å². The molecular weight excluding hydrogens is 327 g/mol. The lowest BCUT2D eigenvalue weighted by atomic mass is 10.2. The van der Waals surface area contributed by atoms with Crippen LogP contribution in [0.4, 0.5) is 14.5 Å². The van der Waals surface area contributed by atoms with Crippen LogP contribution in [-0.4, -0.2) is 31.7 Å². The van der Waals surface area contributed by atoms with Crippen molar-refractivity contribution >= 4 is 28.9 Å². The second kappa shape index (κ2) is 6.52. The van der Waals surface area contributed by atoms with Crippen molar-refractivity contribution in [1.29, 1.82) is 0 Å². The van der Waals surface area contributed by atoms with E-state index in [0.717, 1.165) is 0 Å². The molecule has 1 aromatic carbocycles. The molecule has 0 aliphatic carbocycles. The molecular formula is C13H15Cl2F2NO3. The highest BCUT2D eigenvalue weighted by Gasteiger charge is 2.28. The van der Waals surface area contributed by atoms with Crippen molar-refractivity contribution in [2.45, 2.75) is 32.3 Å². The van der Waals surface area contributed by atoms with E-state index >= 15 is 0 Å². The van der Waals surface area contributed by atoms with Crippen LogP contribution in [0.5, 0.6) is 5.75 Å². The molecule has 0 saturated carbocycles. The van der Waals surface area contributed by atoms with Gasteiger partial charge in [0.05, 0.1) is 29.3 Å². The third-order valence-corrected chi connectivity index (χ3v) is 3.40. The van der Waals surface area contributed by atoms with Crippen molar-refractivity contribution in [3.05, 3.63) is 22.2 Å². The lowest BCUT2D eigenvalue weighted by Crippen LogP contribution is -2.45. The summed E-state index contributed by atoms with van der Waals surface area (Å²) in [5.41, 5.74) is 0.573. The molecule has 1 N–H and O–H groups in total. The average molecular weight is 342 g/mol. The average Bonchev–Trinajstić information content (AvgIpc) is 2.36. The van der Waals surface area contributed by atoms with Crippen molar-refractivity contribution in [2.75, 3.05) is 18.5 Å². The summed E-state index contributed by atoms with van der Waals surface area (Å²) < 4.78 is 39.8. The van der Waals surface area contributed by atoms with Crippen molar-refractivity contribution in [3.8, 4) is 5.75 Å². The van der Waals surface area contributed by atoms with Crippen LogP contribution in [0.1, 0.15) is 13.8 Å². The van der Waals surface area contributed by atoms with Gasteiger partial charge in [-0.3, -0.25) is 0 Å². The van der Waals surface area contributed by atoms with E-state index in [1.807, 2.05) is 13.8 Å². The monoisotopic (exact) mass is 341 g/mol. The lowest BCUT2D eigenvalue weighted by molar-refractivity contribution is -0.247. The zero-order valence-corrected chi connectivity index (χ0v) is 13.0. The van der Waals surface area contributed by atoms with E-state index in [0.29, 0.717) is 18.9 Å². The third-order valence-electron chi connectivity index (χ3n) is 2.84. The van der Waals surface area contributed by atoms with Gasteiger partial charge in [0.15, 0.2) is 11.5 Å². The van der Waals surface area contributed by atoms with Crippen molar-refractivity contribution in [1.82, 2.24) is 0 Å². The standard InChI is InChI=1S/C13H15Cl2F2NO3/c1-13(2)19-5-8(6-20-13)18-7-3-9(14)11(10(15)4-7)21-12(16)17/h3-4,8,12,18H,5-6H2,1-2H3. The van der Waals surface area contributed by atoms with E-state index in [1.54, 1.807) is 0 Å². The Morgan fingerprint density at radius 2 is 1.76 bits per heavy atom. The Kier molecular flexibility index (Phi) is 5.14. The van der Waals surface area contributed by atoms with Gasteiger partial charge in [-0.15, -0.1) is 0 Å². The Balaban J connectivity index is 2.05. The van der Waals surface area contributed by atoms with Gasteiger partial charge in [-0.2, -0.15) is 8.78 Å². The van der Waals surface area contributed by atoms with Gasteiger partial charge in [-0.1, -0.05) is 23.2 Å². The predicted molar refractivity (Wildman–Crippen MR) is 76.5 cm³/mol. The zero-order chi connectivity index (χ0) is 15.6. The van der Waals surface area contributed by atoms with Crippen LogP contribution in [0.25, 0.3) is 0 Å². The molecule has 0 radical (unpaired) electrons. The molecule has 1 aliphatic rings. The largest absolute Gasteiger partial charge is 0.432 e. The minimum absolute atomic E-state index is 0.00303. The molecule has 1 aliphatic heterocycles. The number of hydrogen-bond acceptors (Lipinski definition) is 4.